The standard InChI is InChI=1S/C32H44F3N7O4S2/c1-21(2)29-39-25(18-47-29)16-42(4)30(44)41-27(12-13-36-19-32(33,34)35)28(43)38-22(3)10-11-24(14-23-8-6-5-7-9-23)40-31(45)46-17-26-15-37-20-48-26/h5-9,15,18,20-22,24,27,36H,10-14,16-17,19H2,1-4H3,(H,38,43)(H,40,45)(H,41,44)/t22-,24+,27-/m0/s1. The molecule has 11 nitrogen and oxygen atoms in total. The van der Waals surface area contributed by atoms with E-state index >= 15 is 0 Å². The van der Waals surface area contributed by atoms with Crippen LogP contribution in [-0.2, 0) is 29.1 Å². The van der Waals surface area contributed by atoms with Gasteiger partial charge >= 0.3 is 18.3 Å². The number of hydrogen-bond donors (Lipinski definition) is 4. The summed E-state index contributed by atoms with van der Waals surface area (Å²) in [4.78, 5) is 49.7. The van der Waals surface area contributed by atoms with Crippen LogP contribution in [0.1, 0.15) is 67.1 Å². The Morgan fingerprint density at radius 2 is 1.75 bits per heavy atom. The van der Waals surface area contributed by atoms with Gasteiger partial charge in [-0.25, -0.2) is 14.6 Å². The lowest BCUT2D eigenvalue weighted by Gasteiger charge is -2.25. The molecular formula is C32H44F3N7O4S2. The summed E-state index contributed by atoms with van der Waals surface area (Å²) < 4.78 is 43.5. The fourth-order valence-corrected chi connectivity index (χ4v) is 5.96. The topological polar surface area (TPSA) is 138 Å². The van der Waals surface area contributed by atoms with Crippen molar-refractivity contribution in [2.24, 2.45) is 0 Å². The molecule has 0 aliphatic heterocycles. The molecule has 3 rings (SSSR count). The molecule has 0 spiro atoms. The lowest BCUT2D eigenvalue weighted by atomic mass is 9.99. The molecule has 3 atom stereocenters. The highest BCUT2D eigenvalue weighted by Gasteiger charge is 2.28. The van der Waals surface area contributed by atoms with Crippen LogP contribution in [0.4, 0.5) is 22.8 Å². The van der Waals surface area contributed by atoms with E-state index in [0.29, 0.717) is 25.0 Å². The summed E-state index contributed by atoms with van der Waals surface area (Å²) in [5, 5.41) is 13.6. The third kappa shape index (κ3) is 14.6. The second-order valence-corrected chi connectivity index (χ2v) is 13.7. The van der Waals surface area contributed by atoms with E-state index in [1.807, 2.05) is 49.6 Å². The highest BCUT2D eigenvalue weighted by atomic mass is 32.1. The van der Waals surface area contributed by atoms with Crippen LogP contribution in [0.2, 0.25) is 0 Å². The van der Waals surface area contributed by atoms with E-state index in [0.717, 1.165) is 15.4 Å². The second kappa shape index (κ2) is 19.3. The quantitative estimate of drug-likeness (QED) is 0.126. The first-order chi connectivity index (χ1) is 22.8. The van der Waals surface area contributed by atoms with Crippen LogP contribution in [0.3, 0.4) is 0 Å². The molecule has 0 radical (unpaired) electrons. The van der Waals surface area contributed by atoms with Crippen LogP contribution in [-0.4, -0.2) is 77.3 Å². The van der Waals surface area contributed by atoms with Crippen LogP contribution in [0.15, 0.2) is 47.4 Å². The monoisotopic (exact) mass is 711 g/mol. The van der Waals surface area contributed by atoms with Gasteiger partial charge in [-0.3, -0.25) is 9.78 Å². The lowest BCUT2D eigenvalue weighted by molar-refractivity contribution is -0.125. The second-order valence-electron chi connectivity index (χ2n) is 11.8. The fraction of sp³-hybridized carbons (Fsp3) is 0.531. The third-order valence-electron chi connectivity index (χ3n) is 7.17. The van der Waals surface area contributed by atoms with Crippen LogP contribution in [0, 0.1) is 0 Å². The zero-order valence-corrected chi connectivity index (χ0v) is 29.1. The molecule has 0 bridgehead atoms. The van der Waals surface area contributed by atoms with Gasteiger partial charge < -0.3 is 30.9 Å². The molecule has 4 N–H and O–H groups in total. The molecule has 0 saturated heterocycles. The maximum Gasteiger partial charge on any atom is 0.407 e. The van der Waals surface area contributed by atoms with Crippen molar-refractivity contribution in [1.82, 2.24) is 36.1 Å². The number of nitrogens with zero attached hydrogens (tertiary/aromatic N) is 3. The van der Waals surface area contributed by atoms with E-state index in [2.05, 4.69) is 31.2 Å². The molecule has 0 aliphatic carbocycles. The number of hydrogen-bond acceptors (Lipinski definition) is 9. The highest BCUT2D eigenvalue weighted by molar-refractivity contribution is 7.09. The lowest BCUT2D eigenvalue weighted by Crippen LogP contribution is -2.53. The molecule has 264 valence electrons. The Balaban J connectivity index is 1.59. The van der Waals surface area contributed by atoms with Crippen LogP contribution >= 0.6 is 22.7 Å². The Morgan fingerprint density at radius 1 is 1.00 bits per heavy atom. The minimum absolute atomic E-state index is 0.0633. The number of carbonyl (C=O) groups excluding carboxylic acids is 3. The molecule has 2 heterocycles. The molecule has 48 heavy (non-hydrogen) atoms. The van der Waals surface area contributed by atoms with Crippen molar-refractivity contribution < 1.29 is 32.3 Å². The number of urea groups is 1. The van der Waals surface area contributed by atoms with Crippen LogP contribution in [0.25, 0.3) is 0 Å². The summed E-state index contributed by atoms with van der Waals surface area (Å²) in [5.41, 5.74) is 3.37. The maximum absolute atomic E-state index is 13.4. The van der Waals surface area contributed by atoms with E-state index in [1.165, 1.54) is 27.6 Å². The van der Waals surface area contributed by atoms with Gasteiger partial charge in [0.25, 0.3) is 0 Å². The largest absolute Gasteiger partial charge is 0.444 e. The minimum Gasteiger partial charge on any atom is -0.444 e. The van der Waals surface area contributed by atoms with Gasteiger partial charge in [0.1, 0.15) is 12.6 Å². The number of nitrogens with one attached hydrogen (secondary N) is 4. The summed E-state index contributed by atoms with van der Waals surface area (Å²) in [6, 6.07) is 7.30. The van der Waals surface area contributed by atoms with Gasteiger partial charge in [-0.05, 0) is 44.7 Å². The molecule has 0 unspecified atom stereocenters. The first-order valence-corrected chi connectivity index (χ1v) is 17.4. The Hall–Kier alpha value is -3.76. The van der Waals surface area contributed by atoms with Gasteiger partial charge in [0, 0.05) is 36.6 Å². The first-order valence-electron chi connectivity index (χ1n) is 15.7. The van der Waals surface area contributed by atoms with Crippen LogP contribution < -0.4 is 21.3 Å². The summed E-state index contributed by atoms with van der Waals surface area (Å²) in [7, 11) is 1.56. The molecule has 0 saturated carbocycles. The van der Waals surface area contributed by atoms with Crippen molar-refractivity contribution in [2.75, 3.05) is 20.1 Å². The van der Waals surface area contributed by atoms with E-state index in [-0.39, 0.29) is 44.1 Å². The molecule has 16 heteroatoms. The normalized spacial score (nSPS) is 13.4. The molecule has 1 aromatic carbocycles. The molecule has 4 amide bonds. The first kappa shape index (κ1) is 38.7. The van der Waals surface area contributed by atoms with Gasteiger partial charge in [0.15, 0.2) is 0 Å². The molecule has 0 aliphatic rings. The minimum atomic E-state index is -4.41. The number of halogens is 3. The molecule has 2 aromatic heterocycles. The molecule has 3 aromatic rings. The number of alkyl carbamates (subject to hydrolysis) is 1. The van der Waals surface area contributed by atoms with E-state index < -0.39 is 36.8 Å². The third-order valence-corrected chi connectivity index (χ3v) is 9.12. The Labute approximate surface area is 287 Å². The van der Waals surface area contributed by atoms with Gasteiger partial charge in [-0.2, -0.15) is 13.2 Å². The number of benzene rings is 1. The molecular weight excluding hydrogens is 668 g/mol. The zero-order valence-electron chi connectivity index (χ0n) is 27.5. The summed E-state index contributed by atoms with van der Waals surface area (Å²) in [6.45, 7) is 4.79. The average molecular weight is 712 g/mol. The van der Waals surface area contributed by atoms with Crippen molar-refractivity contribution in [3.05, 3.63) is 68.6 Å². The van der Waals surface area contributed by atoms with Gasteiger partial charge in [0.2, 0.25) is 5.91 Å². The van der Waals surface area contributed by atoms with Crippen LogP contribution in [0.5, 0.6) is 0 Å². The molecule has 0 fully saturated rings. The number of rotatable bonds is 18. The summed E-state index contributed by atoms with van der Waals surface area (Å²) in [5.74, 6) is -0.278. The van der Waals surface area contributed by atoms with Crippen molar-refractivity contribution in [2.45, 2.75) is 89.8 Å². The van der Waals surface area contributed by atoms with Crippen molar-refractivity contribution in [3.8, 4) is 0 Å². The Kier molecular flexibility index (Phi) is 15.5. The number of carbonyl (C=O) groups is 3. The number of amides is 4. The Morgan fingerprint density at radius 3 is 2.40 bits per heavy atom. The zero-order chi connectivity index (χ0) is 35.1. The predicted molar refractivity (Wildman–Crippen MR) is 180 cm³/mol. The van der Waals surface area contributed by atoms with Crippen molar-refractivity contribution in [1.29, 1.82) is 0 Å². The summed E-state index contributed by atoms with van der Waals surface area (Å²) in [6.07, 6.45) is -1.92. The van der Waals surface area contributed by atoms with Gasteiger partial charge in [-0.1, -0.05) is 44.2 Å². The van der Waals surface area contributed by atoms with E-state index in [1.54, 1.807) is 25.7 Å². The SMILES string of the molecule is CC(C)c1nc(CN(C)C(=O)N[C@@H](CCNCC(F)(F)F)C(=O)N[C@@H](C)CC[C@H](Cc2ccccc2)NC(=O)OCc2cncs2)cs1. The van der Waals surface area contributed by atoms with Gasteiger partial charge in [0.05, 0.1) is 34.2 Å². The number of alkyl halides is 3. The average Bonchev–Trinajstić information content (AvgIpc) is 3.73. The number of aromatic nitrogens is 2. The number of thiazole rings is 2. The highest BCUT2D eigenvalue weighted by Crippen LogP contribution is 2.20. The van der Waals surface area contributed by atoms with E-state index in [4.69, 9.17) is 4.74 Å². The fourth-order valence-electron chi connectivity index (χ4n) is 4.63. The predicted octanol–water partition coefficient (Wildman–Crippen LogP) is 5.60. The number of ether oxygens (including phenoxy) is 1. The van der Waals surface area contributed by atoms with Crippen molar-refractivity contribution in [3.63, 3.8) is 0 Å². The Bertz CT molecular complexity index is 1410. The smallest absolute Gasteiger partial charge is 0.407 e. The van der Waals surface area contributed by atoms with Crippen molar-refractivity contribution >= 4 is 40.7 Å². The van der Waals surface area contributed by atoms with Gasteiger partial charge in [-0.15, -0.1) is 22.7 Å². The summed E-state index contributed by atoms with van der Waals surface area (Å²) >= 11 is 2.88. The maximum atomic E-state index is 13.4. The van der Waals surface area contributed by atoms with E-state index in [9.17, 15) is 27.6 Å².